The molecule has 0 aliphatic rings. The van der Waals surface area contributed by atoms with Crippen LogP contribution in [-0.4, -0.2) is 57.0 Å². The molecule has 0 fully saturated rings. The number of carbonyl (C=O) groups is 1. The van der Waals surface area contributed by atoms with Gasteiger partial charge in [0.2, 0.25) is 0 Å². The van der Waals surface area contributed by atoms with E-state index in [-0.39, 0.29) is 12.2 Å². The summed E-state index contributed by atoms with van der Waals surface area (Å²) < 4.78 is 26.3. The lowest BCUT2D eigenvalue weighted by atomic mass is 10.3. The van der Waals surface area contributed by atoms with Crippen molar-refractivity contribution in [2.45, 2.75) is 6.43 Å². The van der Waals surface area contributed by atoms with E-state index in [0.717, 1.165) is 4.90 Å². The number of alkyl halides is 2. The molecule has 0 saturated heterocycles. The number of aliphatic hydroxyl groups excluding tert-OH is 1. The molecule has 0 aliphatic carbocycles. The molecule has 1 aromatic carbocycles. The lowest BCUT2D eigenvalue weighted by Gasteiger charge is -2.19. The number of amides is 1. The number of benzene rings is 1. The van der Waals surface area contributed by atoms with Gasteiger partial charge in [-0.3, -0.25) is 4.79 Å². The Labute approximate surface area is 119 Å². The average molecular weight is 296 g/mol. The molecule has 0 aliphatic heterocycles. The van der Waals surface area contributed by atoms with Crippen molar-refractivity contribution in [3.05, 3.63) is 42.2 Å². The second-order valence-electron chi connectivity index (χ2n) is 4.25. The summed E-state index contributed by atoms with van der Waals surface area (Å²) in [5.74, 6) is -0.688. The van der Waals surface area contributed by atoms with Crippen molar-refractivity contribution in [1.82, 2.24) is 19.9 Å². The Morgan fingerprint density at radius 2 is 2.05 bits per heavy atom. The molecule has 21 heavy (non-hydrogen) atoms. The van der Waals surface area contributed by atoms with Gasteiger partial charge in [0.15, 0.2) is 5.69 Å². The number of halogens is 2. The fourth-order valence-electron chi connectivity index (χ4n) is 1.79. The van der Waals surface area contributed by atoms with Gasteiger partial charge in [-0.2, -0.15) is 0 Å². The van der Waals surface area contributed by atoms with E-state index in [1.165, 1.54) is 10.9 Å². The standard InChI is InChI=1S/C13H14F2N4O2/c14-12(15)9-18(6-7-20)13(21)11-8-19(17-16-11)10-4-2-1-3-5-10/h1-5,8,12,20H,6-7,9H2. The first-order chi connectivity index (χ1) is 10.1. The van der Waals surface area contributed by atoms with E-state index < -0.39 is 25.5 Å². The van der Waals surface area contributed by atoms with Crippen LogP contribution in [0.15, 0.2) is 36.5 Å². The maximum absolute atomic E-state index is 12.4. The topological polar surface area (TPSA) is 71.2 Å². The van der Waals surface area contributed by atoms with Gasteiger partial charge in [0.25, 0.3) is 12.3 Å². The molecule has 1 N–H and O–H groups in total. The highest BCUT2D eigenvalue weighted by atomic mass is 19.3. The molecule has 0 spiro atoms. The van der Waals surface area contributed by atoms with Gasteiger partial charge in [0, 0.05) is 6.54 Å². The summed E-state index contributed by atoms with van der Waals surface area (Å²) in [5, 5.41) is 16.3. The number of hydrogen-bond donors (Lipinski definition) is 1. The zero-order chi connectivity index (χ0) is 15.2. The summed E-state index contributed by atoms with van der Waals surface area (Å²) in [4.78, 5) is 12.9. The van der Waals surface area contributed by atoms with E-state index in [9.17, 15) is 13.6 Å². The van der Waals surface area contributed by atoms with Gasteiger partial charge < -0.3 is 10.0 Å². The van der Waals surface area contributed by atoms with Crippen molar-refractivity contribution in [2.75, 3.05) is 19.7 Å². The molecule has 1 amide bonds. The Kier molecular flexibility index (Phi) is 4.94. The third kappa shape index (κ3) is 3.82. The number of aromatic nitrogens is 3. The molecular formula is C13H14F2N4O2. The zero-order valence-corrected chi connectivity index (χ0v) is 11.1. The van der Waals surface area contributed by atoms with Gasteiger partial charge in [-0.05, 0) is 12.1 Å². The predicted octanol–water partition coefficient (Wildman–Crippen LogP) is 0.967. The molecule has 2 rings (SSSR count). The molecule has 1 heterocycles. The maximum atomic E-state index is 12.4. The van der Waals surface area contributed by atoms with Gasteiger partial charge in [0.05, 0.1) is 25.0 Å². The summed E-state index contributed by atoms with van der Waals surface area (Å²) in [7, 11) is 0. The highest BCUT2D eigenvalue weighted by Gasteiger charge is 2.22. The van der Waals surface area contributed by atoms with Crippen molar-refractivity contribution in [1.29, 1.82) is 0 Å². The van der Waals surface area contributed by atoms with Crippen LogP contribution >= 0.6 is 0 Å². The van der Waals surface area contributed by atoms with Crippen molar-refractivity contribution in [2.24, 2.45) is 0 Å². The second-order valence-corrected chi connectivity index (χ2v) is 4.25. The van der Waals surface area contributed by atoms with Crippen LogP contribution in [-0.2, 0) is 0 Å². The third-order valence-corrected chi connectivity index (χ3v) is 2.75. The van der Waals surface area contributed by atoms with Crippen molar-refractivity contribution in [3.8, 4) is 5.69 Å². The second kappa shape index (κ2) is 6.89. The Bertz CT molecular complexity index is 589. The summed E-state index contributed by atoms with van der Waals surface area (Å²) in [6.45, 7) is -1.33. The molecule has 0 saturated carbocycles. The van der Waals surface area contributed by atoms with Crippen molar-refractivity contribution >= 4 is 5.91 Å². The fraction of sp³-hybridized carbons (Fsp3) is 0.308. The third-order valence-electron chi connectivity index (χ3n) is 2.75. The minimum atomic E-state index is -2.68. The van der Waals surface area contributed by atoms with Crippen molar-refractivity contribution < 1.29 is 18.7 Å². The van der Waals surface area contributed by atoms with Crippen LogP contribution in [0.3, 0.4) is 0 Å². The van der Waals surface area contributed by atoms with E-state index in [4.69, 9.17) is 5.11 Å². The Morgan fingerprint density at radius 3 is 2.67 bits per heavy atom. The zero-order valence-electron chi connectivity index (χ0n) is 11.1. The van der Waals surface area contributed by atoms with Crippen molar-refractivity contribution in [3.63, 3.8) is 0 Å². The highest BCUT2D eigenvalue weighted by molar-refractivity contribution is 5.92. The molecule has 2 aromatic rings. The maximum Gasteiger partial charge on any atom is 0.276 e. The van der Waals surface area contributed by atoms with E-state index in [2.05, 4.69) is 10.3 Å². The minimum Gasteiger partial charge on any atom is -0.395 e. The molecule has 1 aromatic heterocycles. The lowest BCUT2D eigenvalue weighted by molar-refractivity contribution is 0.0504. The number of rotatable bonds is 6. The van der Waals surface area contributed by atoms with Crippen LogP contribution in [0.25, 0.3) is 5.69 Å². The number of nitrogens with zero attached hydrogens (tertiary/aromatic N) is 4. The number of carbonyl (C=O) groups excluding carboxylic acids is 1. The monoisotopic (exact) mass is 296 g/mol. The molecular weight excluding hydrogens is 282 g/mol. The van der Waals surface area contributed by atoms with E-state index in [1.54, 1.807) is 24.3 Å². The number of para-hydroxylation sites is 1. The van der Waals surface area contributed by atoms with Crippen LogP contribution in [0.1, 0.15) is 10.5 Å². The molecule has 0 unspecified atom stereocenters. The fourth-order valence-corrected chi connectivity index (χ4v) is 1.79. The Morgan fingerprint density at radius 1 is 1.33 bits per heavy atom. The first-order valence-electron chi connectivity index (χ1n) is 6.28. The summed E-state index contributed by atoms with van der Waals surface area (Å²) in [6.07, 6.45) is -1.31. The molecule has 8 heteroatoms. The first kappa shape index (κ1) is 15.0. The lowest BCUT2D eigenvalue weighted by Crippen LogP contribution is -2.37. The highest BCUT2D eigenvalue weighted by Crippen LogP contribution is 2.09. The van der Waals surface area contributed by atoms with E-state index in [1.807, 2.05) is 6.07 Å². The van der Waals surface area contributed by atoms with Crippen LogP contribution < -0.4 is 0 Å². The molecule has 112 valence electrons. The number of hydrogen-bond acceptors (Lipinski definition) is 4. The van der Waals surface area contributed by atoms with Crippen LogP contribution in [0.2, 0.25) is 0 Å². The van der Waals surface area contributed by atoms with Gasteiger partial charge in [-0.1, -0.05) is 23.4 Å². The Hall–Kier alpha value is -2.35. The van der Waals surface area contributed by atoms with E-state index in [0.29, 0.717) is 5.69 Å². The molecule has 0 atom stereocenters. The molecule has 0 radical (unpaired) electrons. The average Bonchev–Trinajstić information content (AvgIpc) is 2.96. The van der Waals surface area contributed by atoms with Gasteiger partial charge in [0.1, 0.15) is 0 Å². The quantitative estimate of drug-likeness (QED) is 0.862. The molecule has 0 bridgehead atoms. The van der Waals surface area contributed by atoms with Gasteiger partial charge in [-0.25, -0.2) is 13.5 Å². The summed E-state index contributed by atoms with van der Waals surface area (Å²) in [5.41, 5.74) is 0.652. The SMILES string of the molecule is O=C(c1cn(-c2ccccc2)nn1)N(CCO)CC(F)F. The summed E-state index contributed by atoms with van der Waals surface area (Å²) in [6, 6.07) is 8.97. The predicted molar refractivity (Wildman–Crippen MR) is 70.4 cm³/mol. The minimum absolute atomic E-state index is 0.0482. The van der Waals surface area contributed by atoms with Gasteiger partial charge in [-0.15, -0.1) is 5.10 Å². The summed E-state index contributed by atoms with van der Waals surface area (Å²) >= 11 is 0. The normalized spacial score (nSPS) is 10.9. The van der Waals surface area contributed by atoms with E-state index >= 15 is 0 Å². The largest absolute Gasteiger partial charge is 0.395 e. The number of aliphatic hydroxyl groups is 1. The van der Waals surface area contributed by atoms with Crippen LogP contribution in [0.5, 0.6) is 0 Å². The smallest absolute Gasteiger partial charge is 0.276 e. The van der Waals surface area contributed by atoms with Gasteiger partial charge >= 0.3 is 0 Å². The van der Waals surface area contributed by atoms with Crippen LogP contribution in [0, 0.1) is 0 Å². The first-order valence-corrected chi connectivity index (χ1v) is 6.28. The Balaban J connectivity index is 2.17. The van der Waals surface area contributed by atoms with Crippen LogP contribution in [0.4, 0.5) is 8.78 Å². The molecule has 6 nitrogen and oxygen atoms in total.